The van der Waals surface area contributed by atoms with Crippen LogP contribution in [0.4, 0.5) is 0 Å². The Morgan fingerprint density at radius 2 is 1.90 bits per heavy atom. The van der Waals surface area contributed by atoms with Crippen molar-refractivity contribution >= 4 is 9.84 Å². The molecular weight excluding hydrogens is 286 g/mol. The molecule has 0 aromatic carbocycles. The zero-order valence-corrected chi connectivity index (χ0v) is 15.1. The maximum Gasteiger partial charge on any atom is 0.150 e. The molecular formula is C16H33NO3S. The van der Waals surface area contributed by atoms with E-state index in [-0.39, 0.29) is 5.60 Å². The molecule has 5 heteroatoms. The summed E-state index contributed by atoms with van der Waals surface area (Å²) < 4.78 is 29.2. The minimum absolute atomic E-state index is 0.127. The summed E-state index contributed by atoms with van der Waals surface area (Å²) in [5, 5.41) is 3.49. The lowest BCUT2D eigenvalue weighted by atomic mass is 9.89. The lowest BCUT2D eigenvalue weighted by molar-refractivity contribution is -0.0117. The number of hydrogen-bond donors (Lipinski definition) is 1. The Balaban J connectivity index is 2.49. The van der Waals surface area contributed by atoms with Gasteiger partial charge in [-0.25, -0.2) is 8.42 Å². The summed E-state index contributed by atoms with van der Waals surface area (Å²) in [5.41, 5.74) is -0.127. The highest BCUT2D eigenvalue weighted by molar-refractivity contribution is 7.91. The van der Waals surface area contributed by atoms with Crippen LogP contribution in [0.1, 0.15) is 47.5 Å². The predicted octanol–water partition coefficient (Wildman–Crippen LogP) is 2.49. The van der Waals surface area contributed by atoms with Crippen molar-refractivity contribution in [3.63, 3.8) is 0 Å². The molecule has 4 nitrogen and oxygen atoms in total. The van der Waals surface area contributed by atoms with Gasteiger partial charge in [0.25, 0.3) is 0 Å². The Morgan fingerprint density at radius 1 is 1.24 bits per heavy atom. The van der Waals surface area contributed by atoms with Gasteiger partial charge in [0, 0.05) is 6.61 Å². The lowest BCUT2D eigenvalue weighted by Crippen LogP contribution is -2.33. The van der Waals surface area contributed by atoms with Crippen LogP contribution in [0.2, 0.25) is 0 Å². The number of sulfone groups is 1. The van der Waals surface area contributed by atoms with Crippen LogP contribution in [0.25, 0.3) is 0 Å². The summed E-state index contributed by atoms with van der Waals surface area (Å²) in [4.78, 5) is 0. The fourth-order valence-electron chi connectivity index (χ4n) is 2.77. The zero-order chi connectivity index (χ0) is 16.1. The maximum absolute atomic E-state index is 11.7. The van der Waals surface area contributed by atoms with Gasteiger partial charge in [-0.05, 0) is 64.5 Å². The summed E-state index contributed by atoms with van der Waals surface area (Å²) in [5.74, 6) is 2.01. The first kappa shape index (κ1) is 18.9. The first-order chi connectivity index (χ1) is 9.59. The quantitative estimate of drug-likeness (QED) is 0.747. The first-order valence-corrected chi connectivity index (χ1v) is 9.96. The number of rotatable bonds is 8. The maximum atomic E-state index is 11.7. The van der Waals surface area contributed by atoms with E-state index in [1.54, 1.807) is 0 Å². The molecule has 0 aliphatic carbocycles. The van der Waals surface area contributed by atoms with E-state index in [1.807, 2.05) is 0 Å². The SMILES string of the molecule is CC(C)CNCC(CCOC(C)(C)C)C1CCS(=O)(=O)C1. The van der Waals surface area contributed by atoms with E-state index in [9.17, 15) is 8.42 Å². The molecule has 0 bridgehead atoms. The molecule has 1 aliphatic rings. The van der Waals surface area contributed by atoms with Crippen LogP contribution in [0.15, 0.2) is 0 Å². The highest BCUT2D eigenvalue weighted by Gasteiger charge is 2.33. The van der Waals surface area contributed by atoms with E-state index in [0.29, 0.717) is 35.9 Å². The molecule has 1 saturated heterocycles. The van der Waals surface area contributed by atoms with Gasteiger partial charge >= 0.3 is 0 Å². The van der Waals surface area contributed by atoms with E-state index in [2.05, 4.69) is 39.9 Å². The average Bonchev–Trinajstić information content (AvgIpc) is 2.65. The summed E-state index contributed by atoms with van der Waals surface area (Å²) in [6, 6.07) is 0. The minimum atomic E-state index is -2.80. The third-order valence-electron chi connectivity index (χ3n) is 3.92. The van der Waals surface area contributed by atoms with Crippen LogP contribution in [0.5, 0.6) is 0 Å². The first-order valence-electron chi connectivity index (χ1n) is 8.14. The van der Waals surface area contributed by atoms with Gasteiger partial charge in [-0.1, -0.05) is 13.8 Å². The van der Waals surface area contributed by atoms with Crippen molar-refractivity contribution in [3.05, 3.63) is 0 Å². The largest absolute Gasteiger partial charge is 0.376 e. The number of ether oxygens (including phenoxy) is 1. The molecule has 0 aromatic heterocycles. The third kappa shape index (κ3) is 8.17. The number of nitrogens with one attached hydrogen (secondary N) is 1. The second-order valence-electron chi connectivity index (χ2n) is 7.72. The Morgan fingerprint density at radius 3 is 2.38 bits per heavy atom. The fourth-order valence-corrected chi connectivity index (χ4v) is 4.69. The Hall–Kier alpha value is -0.130. The molecule has 0 spiro atoms. The molecule has 1 rings (SSSR count). The van der Waals surface area contributed by atoms with Gasteiger partial charge in [0.05, 0.1) is 17.1 Å². The van der Waals surface area contributed by atoms with E-state index in [4.69, 9.17) is 4.74 Å². The fraction of sp³-hybridized carbons (Fsp3) is 1.00. The smallest absolute Gasteiger partial charge is 0.150 e. The van der Waals surface area contributed by atoms with Crippen molar-refractivity contribution < 1.29 is 13.2 Å². The molecule has 0 amide bonds. The topological polar surface area (TPSA) is 55.4 Å². The van der Waals surface area contributed by atoms with Crippen LogP contribution in [-0.4, -0.2) is 45.2 Å². The molecule has 0 radical (unpaired) electrons. The van der Waals surface area contributed by atoms with Crippen LogP contribution >= 0.6 is 0 Å². The molecule has 1 heterocycles. The van der Waals surface area contributed by atoms with E-state index in [0.717, 1.165) is 25.9 Å². The Kier molecular flexibility index (Phi) is 7.14. The zero-order valence-electron chi connectivity index (χ0n) is 14.3. The second-order valence-corrected chi connectivity index (χ2v) is 9.95. The van der Waals surface area contributed by atoms with Gasteiger partial charge in [0.2, 0.25) is 0 Å². The van der Waals surface area contributed by atoms with Crippen molar-refractivity contribution in [2.75, 3.05) is 31.2 Å². The lowest BCUT2D eigenvalue weighted by Gasteiger charge is -2.26. The van der Waals surface area contributed by atoms with Gasteiger partial charge in [-0.3, -0.25) is 0 Å². The second kappa shape index (κ2) is 7.93. The van der Waals surface area contributed by atoms with Crippen LogP contribution in [0, 0.1) is 17.8 Å². The normalized spacial score (nSPS) is 23.6. The highest BCUT2D eigenvalue weighted by atomic mass is 32.2. The third-order valence-corrected chi connectivity index (χ3v) is 5.71. The van der Waals surface area contributed by atoms with E-state index >= 15 is 0 Å². The number of hydrogen-bond acceptors (Lipinski definition) is 4. The monoisotopic (exact) mass is 319 g/mol. The van der Waals surface area contributed by atoms with E-state index < -0.39 is 9.84 Å². The summed E-state index contributed by atoms with van der Waals surface area (Å²) in [6.07, 6.45) is 1.74. The summed E-state index contributed by atoms with van der Waals surface area (Å²) in [6.45, 7) is 13.1. The van der Waals surface area contributed by atoms with Gasteiger partial charge in [-0.15, -0.1) is 0 Å². The average molecular weight is 320 g/mol. The van der Waals surface area contributed by atoms with Gasteiger partial charge < -0.3 is 10.1 Å². The Bertz CT molecular complexity index is 398. The van der Waals surface area contributed by atoms with Crippen molar-refractivity contribution in [1.82, 2.24) is 5.32 Å². The van der Waals surface area contributed by atoms with E-state index in [1.165, 1.54) is 0 Å². The highest BCUT2D eigenvalue weighted by Crippen LogP contribution is 2.28. The van der Waals surface area contributed by atoms with Crippen molar-refractivity contribution in [1.29, 1.82) is 0 Å². The Labute approximate surface area is 130 Å². The summed E-state index contributed by atoms with van der Waals surface area (Å²) in [7, 11) is -2.80. The predicted molar refractivity (Wildman–Crippen MR) is 88.3 cm³/mol. The standard InChI is InChI=1S/C16H33NO3S/c1-13(2)10-17-11-14(6-8-20-16(3,4)5)15-7-9-21(18,19)12-15/h13-15,17H,6-12H2,1-5H3. The molecule has 1 fully saturated rings. The molecule has 0 aromatic rings. The minimum Gasteiger partial charge on any atom is -0.376 e. The van der Waals surface area contributed by atoms with Crippen LogP contribution in [-0.2, 0) is 14.6 Å². The van der Waals surface area contributed by atoms with Gasteiger partial charge in [-0.2, -0.15) is 0 Å². The van der Waals surface area contributed by atoms with Crippen LogP contribution < -0.4 is 5.32 Å². The van der Waals surface area contributed by atoms with Crippen molar-refractivity contribution in [2.24, 2.45) is 17.8 Å². The van der Waals surface area contributed by atoms with Crippen LogP contribution in [0.3, 0.4) is 0 Å². The summed E-state index contributed by atoms with van der Waals surface area (Å²) >= 11 is 0. The molecule has 2 atom stereocenters. The molecule has 2 unspecified atom stereocenters. The van der Waals surface area contributed by atoms with Crippen molar-refractivity contribution in [2.45, 2.75) is 53.1 Å². The van der Waals surface area contributed by atoms with Gasteiger partial charge in [0.15, 0.2) is 9.84 Å². The van der Waals surface area contributed by atoms with Crippen molar-refractivity contribution in [3.8, 4) is 0 Å². The molecule has 1 aliphatic heterocycles. The van der Waals surface area contributed by atoms with Gasteiger partial charge in [0.1, 0.15) is 0 Å². The molecule has 1 N–H and O–H groups in total. The molecule has 21 heavy (non-hydrogen) atoms. The molecule has 126 valence electrons. The molecule has 0 saturated carbocycles.